The second-order valence-corrected chi connectivity index (χ2v) is 10.2. The van der Waals surface area contributed by atoms with Crippen LogP contribution in [0.3, 0.4) is 0 Å². The summed E-state index contributed by atoms with van der Waals surface area (Å²) in [5, 5.41) is 1.30. The van der Waals surface area contributed by atoms with Gasteiger partial charge in [0.15, 0.2) is 0 Å². The average Bonchev–Trinajstić information content (AvgIpc) is 3.19. The van der Waals surface area contributed by atoms with E-state index in [2.05, 4.69) is 73.1 Å². The Morgan fingerprint density at radius 3 is 2.58 bits per heavy atom. The van der Waals surface area contributed by atoms with Gasteiger partial charge in [0, 0.05) is 36.0 Å². The Morgan fingerprint density at radius 2 is 1.79 bits per heavy atom. The molecule has 2 heteroatoms. The van der Waals surface area contributed by atoms with Gasteiger partial charge < -0.3 is 4.57 Å². The van der Waals surface area contributed by atoms with Crippen LogP contribution in [0.5, 0.6) is 0 Å². The third-order valence-electron chi connectivity index (χ3n) is 7.81. The Balaban J connectivity index is 1.32. The summed E-state index contributed by atoms with van der Waals surface area (Å²) < 4.78 is 2.30. The maximum atomic E-state index is 12.7. The molecule has 0 spiro atoms. The number of hydrogen-bond donors (Lipinski definition) is 0. The van der Waals surface area contributed by atoms with E-state index >= 15 is 0 Å². The monoisotopic (exact) mass is 443 g/mol. The normalized spacial score (nSPS) is 15.7. The van der Waals surface area contributed by atoms with Crippen molar-refractivity contribution < 1.29 is 4.79 Å². The molecule has 1 atom stereocenters. The van der Waals surface area contributed by atoms with Gasteiger partial charge in [-0.25, -0.2) is 0 Å². The maximum Gasteiger partial charge on any atom is 0.135 e. The highest BCUT2D eigenvalue weighted by Crippen LogP contribution is 2.30. The first-order valence-corrected chi connectivity index (χ1v) is 13.3. The van der Waals surface area contributed by atoms with Crippen LogP contribution in [0.4, 0.5) is 0 Å². The topological polar surface area (TPSA) is 22.0 Å². The predicted octanol–water partition coefficient (Wildman–Crippen LogP) is 8.51. The van der Waals surface area contributed by atoms with Gasteiger partial charge in [-0.3, -0.25) is 4.79 Å². The fourth-order valence-electron chi connectivity index (χ4n) is 5.86. The van der Waals surface area contributed by atoms with E-state index in [0.29, 0.717) is 17.6 Å². The number of Topliss-reactive ketones (excluding diaryl/α,β-unsaturated/α-hetero) is 1. The number of aromatic nitrogens is 1. The number of carbonyl (C=O) groups excluding carboxylic acids is 1. The molecule has 0 aliphatic heterocycles. The van der Waals surface area contributed by atoms with E-state index in [1.807, 2.05) is 0 Å². The molecule has 33 heavy (non-hydrogen) atoms. The zero-order valence-corrected chi connectivity index (χ0v) is 20.7. The summed E-state index contributed by atoms with van der Waals surface area (Å²) in [6.45, 7) is 2.28. The second-order valence-electron chi connectivity index (χ2n) is 10.2. The molecular formula is C31H41NO. The summed E-state index contributed by atoms with van der Waals surface area (Å²) in [5.74, 6) is 1.63. The molecule has 0 N–H and O–H groups in total. The molecule has 0 amide bonds. The zero-order chi connectivity index (χ0) is 23.0. The van der Waals surface area contributed by atoms with Crippen molar-refractivity contribution in [3.05, 3.63) is 60.2 Å². The van der Waals surface area contributed by atoms with E-state index < -0.39 is 0 Å². The number of benzene rings is 2. The summed E-state index contributed by atoms with van der Waals surface area (Å²) in [4.78, 5) is 12.7. The minimum absolute atomic E-state index is 0.373. The molecule has 0 radical (unpaired) electrons. The highest BCUT2D eigenvalue weighted by molar-refractivity contribution is 5.87. The molecular weight excluding hydrogens is 402 g/mol. The molecule has 4 rings (SSSR count). The van der Waals surface area contributed by atoms with Crippen molar-refractivity contribution >= 4 is 16.7 Å². The van der Waals surface area contributed by atoms with Crippen molar-refractivity contribution in [2.24, 2.45) is 18.9 Å². The molecule has 2 aromatic carbocycles. The van der Waals surface area contributed by atoms with Crippen LogP contribution >= 0.6 is 0 Å². The number of carbonyl (C=O) groups is 1. The lowest BCUT2D eigenvalue weighted by atomic mass is 9.83. The van der Waals surface area contributed by atoms with Gasteiger partial charge in [-0.05, 0) is 67.3 Å². The van der Waals surface area contributed by atoms with E-state index in [1.165, 1.54) is 72.7 Å². The lowest BCUT2D eigenvalue weighted by molar-refractivity contribution is -0.124. The first-order valence-electron chi connectivity index (χ1n) is 13.3. The summed E-state index contributed by atoms with van der Waals surface area (Å²) in [5.41, 5.74) is 5.28. The lowest BCUT2D eigenvalue weighted by Crippen LogP contribution is -2.18. The Morgan fingerprint density at radius 1 is 0.970 bits per heavy atom. The van der Waals surface area contributed by atoms with E-state index in [0.717, 1.165) is 32.1 Å². The van der Waals surface area contributed by atoms with Crippen molar-refractivity contribution in [1.29, 1.82) is 0 Å². The van der Waals surface area contributed by atoms with Gasteiger partial charge in [0.05, 0.1) is 0 Å². The highest BCUT2D eigenvalue weighted by atomic mass is 16.1. The Hall–Kier alpha value is -2.35. The SMILES string of the molecule is CCCC(CCCc1cccc(-c2cc3ccccc3n2C)c1)CCC(=O)C1CCCCC1. The number of fused-ring (bicyclic) bond motifs is 1. The molecule has 1 aliphatic carbocycles. The number of aryl methyl sites for hydroxylation is 2. The van der Waals surface area contributed by atoms with Crippen molar-refractivity contribution in [3.63, 3.8) is 0 Å². The maximum absolute atomic E-state index is 12.7. The van der Waals surface area contributed by atoms with Gasteiger partial charge in [0.25, 0.3) is 0 Å². The van der Waals surface area contributed by atoms with Gasteiger partial charge >= 0.3 is 0 Å². The van der Waals surface area contributed by atoms with Gasteiger partial charge in [-0.15, -0.1) is 0 Å². The van der Waals surface area contributed by atoms with Crippen LogP contribution in [-0.4, -0.2) is 10.4 Å². The first-order chi connectivity index (χ1) is 16.2. The van der Waals surface area contributed by atoms with Gasteiger partial charge in [0.1, 0.15) is 5.78 Å². The van der Waals surface area contributed by atoms with Crippen LogP contribution in [0.25, 0.3) is 22.2 Å². The predicted molar refractivity (Wildman–Crippen MR) is 141 cm³/mol. The van der Waals surface area contributed by atoms with Gasteiger partial charge in [0.2, 0.25) is 0 Å². The number of ketones is 1. The van der Waals surface area contributed by atoms with Crippen LogP contribution < -0.4 is 0 Å². The summed E-state index contributed by atoms with van der Waals surface area (Å²) >= 11 is 0. The molecule has 2 nitrogen and oxygen atoms in total. The molecule has 1 fully saturated rings. The molecule has 1 heterocycles. The standard InChI is InChI=1S/C31H41NO/c1-3-11-24(20-21-31(33)26-15-5-4-6-16-26)12-9-13-25-14-10-18-27(22-25)30-23-28-17-7-8-19-29(28)32(30)2/h7-8,10,14,17-19,22-24,26H,3-6,9,11-13,15-16,20-21H2,1-2H3. The number of rotatable bonds is 11. The van der Waals surface area contributed by atoms with Gasteiger partial charge in [-0.1, -0.05) is 81.8 Å². The van der Waals surface area contributed by atoms with Crippen LogP contribution in [0, 0.1) is 11.8 Å². The Kier molecular flexibility index (Phi) is 8.42. The molecule has 0 bridgehead atoms. The quantitative estimate of drug-likeness (QED) is 0.291. The lowest BCUT2D eigenvalue weighted by Gasteiger charge is -2.22. The minimum Gasteiger partial charge on any atom is -0.344 e. The summed E-state index contributed by atoms with van der Waals surface area (Å²) in [6.07, 6.45) is 14.1. The first kappa shape index (κ1) is 23.8. The second kappa shape index (κ2) is 11.7. The zero-order valence-electron chi connectivity index (χ0n) is 20.7. The van der Waals surface area contributed by atoms with Crippen LogP contribution in [0.1, 0.15) is 83.1 Å². The molecule has 1 aliphatic rings. The number of nitrogens with zero attached hydrogens (tertiary/aromatic N) is 1. The fraction of sp³-hybridized carbons (Fsp3) is 0.516. The minimum atomic E-state index is 0.373. The van der Waals surface area contributed by atoms with E-state index in [1.54, 1.807) is 0 Å². The Bertz CT molecular complexity index is 1040. The molecule has 0 saturated heterocycles. The third-order valence-corrected chi connectivity index (χ3v) is 7.81. The molecule has 3 aromatic rings. The van der Waals surface area contributed by atoms with Crippen LogP contribution in [0.2, 0.25) is 0 Å². The molecule has 176 valence electrons. The van der Waals surface area contributed by atoms with E-state index in [-0.39, 0.29) is 0 Å². The average molecular weight is 444 g/mol. The van der Waals surface area contributed by atoms with Crippen molar-refractivity contribution in [2.75, 3.05) is 0 Å². The van der Waals surface area contributed by atoms with Crippen molar-refractivity contribution in [1.82, 2.24) is 4.57 Å². The highest BCUT2D eigenvalue weighted by Gasteiger charge is 2.21. The molecule has 1 aromatic heterocycles. The van der Waals surface area contributed by atoms with Crippen molar-refractivity contribution in [3.8, 4) is 11.3 Å². The van der Waals surface area contributed by atoms with E-state index in [9.17, 15) is 4.79 Å². The largest absolute Gasteiger partial charge is 0.344 e. The van der Waals surface area contributed by atoms with Crippen LogP contribution in [0.15, 0.2) is 54.6 Å². The fourth-order valence-corrected chi connectivity index (χ4v) is 5.86. The number of hydrogen-bond acceptors (Lipinski definition) is 1. The smallest absolute Gasteiger partial charge is 0.135 e. The molecule has 1 saturated carbocycles. The van der Waals surface area contributed by atoms with E-state index in [4.69, 9.17) is 0 Å². The molecule has 1 unspecified atom stereocenters. The van der Waals surface area contributed by atoms with Crippen molar-refractivity contribution in [2.45, 2.75) is 84.0 Å². The van der Waals surface area contributed by atoms with Crippen LogP contribution in [-0.2, 0) is 18.3 Å². The third kappa shape index (κ3) is 6.16. The Labute approximate surface area is 200 Å². The summed E-state index contributed by atoms with van der Waals surface area (Å²) in [6, 6.07) is 20.0. The summed E-state index contributed by atoms with van der Waals surface area (Å²) in [7, 11) is 2.16. The van der Waals surface area contributed by atoms with Gasteiger partial charge in [-0.2, -0.15) is 0 Å². The number of para-hydroxylation sites is 1.